The van der Waals surface area contributed by atoms with Crippen molar-refractivity contribution in [2.24, 2.45) is 4.99 Å². The van der Waals surface area contributed by atoms with Crippen LogP contribution in [-0.4, -0.2) is 47.9 Å². The van der Waals surface area contributed by atoms with Crippen LogP contribution in [0.25, 0.3) is 5.65 Å². The highest BCUT2D eigenvalue weighted by molar-refractivity contribution is 14.0. The Labute approximate surface area is 181 Å². The predicted molar refractivity (Wildman–Crippen MR) is 120 cm³/mol. The van der Waals surface area contributed by atoms with Crippen molar-refractivity contribution in [1.29, 1.82) is 0 Å². The Morgan fingerprint density at radius 3 is 2.61 bits per heavy atom. The van der Waals surface area contributed by atoms with Crippen molar-refractivity contribution < 1.29 is 9.47 Å². The second-order valence-electron chi connectivity index (χ2n) is 5.78. The molecule has 0 aliphatic heterocycles. The molecular weight excluding hydrogens is 471 g/mol. The fourth-order valence-corrected chi connectivity index (χ4v) is 2.54. The van der Waals surface area contributed by atoms with Gasteiger partial charge in [-0.05, 0) is 42.8 Å². The minimum atomic E-state index is 0. The number of nitrogens with one attached hydrogen (secondary N) is 2. The highest BCUT2D eigenvalue weighted by Gasteiger charge is 2.05. The first-order chi connectivity index (χ1) is 13.3. The monoisotopic (exact) mass is 496 g/mol. The van der Waals surface area contributed by atoms with Gasteiger partial charge >= 0.3 is 0 Å². The Bertz CT molecular complexity index is 882. The van der Waals surface area contributed by atoms with Crippen LogP contribution in [0.3, 0.4) is 0 Å². The smallest absolute Gasteiger partial charge is 0.191 e. The van der Waals surface area contributed by atoms with Gasteiger partial charge in [0.05, 0.1) is 20.3 Å². The highest BCUT2D eigenvalue weighted by Crippen LogP contribution is 2.16. The summed E-state index contributed by atoms with van der Waals surface area (Å²) in [5.74, 6) is 3.19. The molecule has 0 spiro atoms. The number of benzene rings is 1. The molecule has 1 aromatic carbocycles. The number of halogens is 1. The molecule has 0 amide bonds. The van der Waals surface area contributed by atoms with Crippen molar-refractivity contribution in [3.05, 3.63) is 54.5 Å². The third kappa shape index (κ3) is 5.98. The Balaban J connectivity index is 0.00000280. The Hall–Kier alpha value is -2.56. The van der Waals surface area contributed by atoms with Crippen molar-refractivity contribution >= 4 is 35.6 Å². The lowest BCUT2D eigenvalue weighted by Gasteiger charge is -2.12. The molecule has 0 saturated heterocycles. The summed E-state index contributed by atoms with van der Waals surface area (Å²) >= 11 is 0. The van der Waals surface area contributed by atoms with Crippen molar-refractivity contribution in [1.82, 2.24) is 25.2 Å². The summed E-state index contributed by atoms with van der Waals surface area (Å²) in [7, 11) is 3.39. The molecule has 0 bridgehead atoms. The Morgan fingerprint density at radius 1 is 1.07 bits per heavy atom. The summed E-state index contributed by atoms with van der Waals surface area (Å²) in [5.41, 5.74) is 0.827. The molecule has 8 nitrogen and oxygen atoms in total. The Kier molecular flexibility index (Phi) is 8.79. The number of hydrogen-bond acceptors (Lipinski definition) is 5. The van der Waals surface area contributed by atoms with Crippen molar-refractivity contribution in [3.63, 3.8) is 0 Å². The number of hydrogen-bond donors (Lipinski definition) is 2. The number of rotatable bonds is 8. The van der Waals surface area contributed by atoms with E-state index in [1.165, 1.54) is 0 Å². The topological polar surface area (TPSA) is 85.1 Å². The van der Waals surface area contributed by atoms with Gasteiger partial charge in [-0.15, -0.1) is 34.2 Å². The first-order valence-electron chi connectivity index (χ1n) is 8.80. The maximum absolute atomic E-state index is 5.71. The van der Waals surface area contributed by atoms with Crippen LogP contribution in [0.2, 0.25) is 0 Å². The maximum Gasteiger partial charge on any atom is 0.191 e. The van der Waals surface area contributed by atoms with Gasteiger partial charge in [0.15, 0.2) is 17.4 Å². The molecule has 2 heterocycles. The molecule has 0 radical (unpaired) electrons. The Morgan fingerprint density at radius 2 is 1.86 bits per heavy atom. The molecule has 0 aliphatic rings. The summed E-state index contributed by atoms with van der Waals surface area (Å²) in [4.78, 5) is 4.22. The van der Waals surface area contributed by atoms with Crippen molar-refractivity contribution in [2.45, 2.75) is 13.0 Å². The van der Waals surface area contributed by atoms with Gasteiger partial charge in [-0.2, -0.15) is 0 Å². The summed E-state index contributed by atoms with van der Waals surface area (Å²) < 4.78 is 12.8. The third-order valence-corrected chi connectivity index (χ3v) is 3.96. The largest absolute Gasteiger partial charge is 0.497 e. The minimum absolute atomic E-state index is 0. The second-order valence-corrected chi connectivity index (χ2v) is 5.78. The molecule has 28 heavy (non-hydrogen) atoms. The molecule has 0 atom stereocenters. The molecule has 0 unspecified atom stereocenters. The molecular formula is C19H25IN6O2. The average molecular weight is 496 g/mol. The van der Waals surface area contributed by atoms with E-state index in [-0.39, 0.29) is 24.0 Å². The molecule has 3 aromatic rings. The lowest BCUT2D eigenvalue weighted by Crippen LogP contribution is -2.38. The maximum atomic E-state index is 5.71. The van der Waals surface area contributed by atoms with Crippen LogP contribution >= 0.6 is 24.0 Å². The third-order valence-electron chi connectivity index (χ3n) is 3.96. The van der Waals surface area contributed by atoms with E-state index in [1.807, 2.05) is 53.1 Å². The number of ether oxygens (including phenoxy) is 2. The highest BCUT2D eigenvalue weighted by atomic mass is 127. The van der Waals surface area contributed by atoms with Gasteiger partial charge in [0, 0.05) is 19.8 Å². The number of methoxy groups -OCH3 is 1. The second kappa shape index (κ2) is 11.3. The first-order valence-corrected chi connectivity index (χ1v) is 8.80. The van der Waals surface area contributed by atoms with Gasteiger partial charge in [-0.3, -0.25) is 9.39 Å². The van der Waals surface area contributed by atoms with Crippen LogP contribution in [0.5, 0.6) is 11.5 Å². The molecule has 150 valence electrons. The zero-order valence-electron chi connectivity index (χ0n) is 16.0. The van der Waals surface area contributed by atoms with Gasteiger partial charge in [-0.1, -0.05) is 6.07 Å². The van der Waals surface area contributed by atoms with Crippen LogP contribution in [0, 0.1) is 0 Å². The fourth-order valence-electron chi connectivity index (χ4n) is 2.54. The van der Waals surface area contributed by atoms with Gasteiger partial charge in [-0.25, -0.2) is 0 Å². The number of pyridine rings is 1. The summed E-state index contributed by atoms with van der Waals surface area (Å²) in [6, 6.07) is 13.4. The van der Waals surface area contributed by atoms with E-state index in [2.05, 4.69) is 25.8 Å². The lowest BCUT2D eigenvalue weighted by atomic mass is 10.3. The van der Waals surface area contributed by atoms with E-state index in [0.29, 0.717) is 19.1 Å². The van der Waals surface area contributed by atoms with Gasteiger partial charge in [0.2, 0.25) is 0 Å². The van der Waals surface area contributed by atoms with Crippen molar-refractivity contribution in [2.75, 3.05) is 27.3 Å². The molecule has 3 rings (SSSR count). The first kappa shape index (κ1) is 21.7. The lowest BCUT2D eigenvalue weighted by molar-refractivity contribution is 0.310. The van der Waals surface area contributed by atoms with Crippen LogP contribution in [0.4, 0.5) is 0 Å². The standard InChI is InChI=1S/C19H24N6O2.HI/c1-20-19(22-14-18-24-23-17-6-3-4-12-25(17)18)21-11-5-13-27-16-9-7-15(26-2)8-10-16;/h3-4,6-10,12H,5,11,13-14H2,1-2H3,(H2,20,21,22);1H. The molecule has 0 aliphatic carbocycles. The molecule has 2 aromatic heterocycles. The molecule has 0 saturated carbocycles. The van der Waals surface area contributed by atoms with Crippen molar-refractivity contribution in [3.8, 4) is 11.5 Å². The SMILES string of the molecule is CN=C(NCCCOc1ccc(OC)cc1)NCc1nnc2ccccn12.I. The fraction of sp³-hybridized carbons (Fsp3) is 0.316. The van der Waals surface area contributed by atoms with E-state index in [0.717, 1.165) is 35.9 Å². The molecule has 2 N–H and O–H groups in total. The normalized spacial score (nSPS) is 11.0. The minimum Gasteiger partial charge on any atom is -0.497 e. The number of fused-ring (bicyclic) bond motifs is 1. The predicted octanol–water partition coefficient (Wildman–Crippen LogP) is 2.49. The summed E-state index contributed by atoms with van der Waals surface area (Å²) in [5, 5.41) is 14.8. The number of nitrogens with zero attached hydrogens (tertiary/aromatic N) is 4. The van der Waals surface area contributed by atoms with Crippen LogP contribution in [0.1, 0.15) is 12.2 Å². The zero-order chi connectivity index (χ0) is 18.9. The quantitative estimate of drug-likeness (QED) is 0.216. The van der Waals surface area contributed by atoms with Gasteiger partial charge < -0.3 is 20.1 Å². The number of aromatic nitrogens is 3. The number of guanidine groups is 1. The van der Waals surface area contributed by atoms with E-state index in [9.17, 15) is 0 Å². The van der Waals surface area contributed by atoms with Crippen LogP contribution < -0.4 is 20.1 Å². The number of aliphatic imine (C=N–C) groups is 1. The van der Waals surface area contributed by atoms with Crippen LogP contribution in [-0.2, 0) is 6.54 Å². The summed E-state index contributed by atoms with van der Waals surface area (Å²) in [6.45, 7) is 1.90. The van der Waals surface area contributed by atoms with E-state index >= 15 is 0 Å². The van der Waals surface area contributed by atoms with Gasteiger partial charge in [0.25, 0.3) is 0 Å². The van der Waals surface area contributed by atoms with E-state index < -0.39 is 0 Å². The molecule has 0 fully saturated rings. The molecule has 9 heteroatoms. The van der Waals surface area contributed by atoms with Crippen LogP contribution in [0.15, 0.2) is 53.7 Å². The van der Waals surface area contributed by atoms with Gasteiger partial charge in [0.1, 0.15) is 11.5 Å². The zero-order valence-corrected chi connectivity index (χ0v) is 18.3. The average Bonchev–Trinajstić information content (AvgIpc) is 3.13. The van der Waals surface area contributed by atoms with E-state index in [4.69, 9.17) is 9.47 Å². The summed E-state index contributed by atoms with van der Waals surface area (Å²) in [6.07, 6.45) is 2.79. The van der Waals surface area contributed by atoms with E-state index in [1.54, 1.807) is 14.2 Å².